The van der Waals surface area contributed by atoms with Gasteiger partial charge in [-0.15, -0.1) is 0 Å². The van der Waals surface area contributed by atoms with E-state index in [9.17, 15) is 4.39 Å². The minimum Gasteiger partial charge on any atom is -0.247 e. The first-order valence-corrected chi connectivity index (χ1v) is 6.06. The Morgan fingerprint density at radius 3 is 2.50 bits per heavy atom. The van der Waals surface area contributed by atoms with Crippen molar-refractivity contribution < 1.29 is 4.39 Å². The van der Waals surface area contributed by atoms with E-state index in [0.29, 0.717) is 11.2 Å². The maximum atomic E-state index is 12.9. The van der Waals surface area contributed by atoms with Crippen LogP contribution in [0.3, 0.4) is 0 Å². The summed E-state index contributed by atoms with van der Waals surface area (Å²) in [6.07, 6.45) is 7.11. The molecule has 2 fully saturated rings. The van der Waals surface area contributed by atoms with Crippen LogP contribution in [0.5, 0.6) is 0 Å². The van der Waals surface area contributed by atoms with Crippen molar-refractivity contribution in [3.8, 4) is 0 Å². The zero-order chi connectivity index (χ0) is 8.60. The van der Waals surface area contributed by atoms with E-state index < -0.39 is 6.17 Å². The quantitative estimate of drug-likeness (QED) is 0.654. The van der Waals surface area contributed by atoms with E-state index in [0.717, 1.165) is 11.8 Å². The molecule has 0 unspecified atom stereocenters. The monoisotopic (exact) mass is 234 g/mol. The lowest BCUT2D eigenvalue weighted by Gasteiger charge is -2.54. The summed E-state index contributed by atoms with van der Waals surface area (Å²) in [6.45, 7) is 0. The SMILES string of the molecule is F[C@@H](CBr)CC1CC2(CCC2)C1. The fraction of sp³-hybridized carbons (Fsp3) is 1.00. The van der Waals surface area contributed by atoms with Crippen molar-refractivity contribution >= 4 is 15.9 Å². The molecule has 12 heavy (non-hydrogen) atoms. The topological polar surface area (TPSA) is 0 Å². The summed E-state index contributed by atoms with van der Waals surface area (Å²) in [4.78, 5) is 0. The van der Waals surface area contributed by atoms with Crippen molar-refractivity contribution in [2.75, 3.05) is 5.33 Å². The minimum atomic E-state index is -0.604. The molecule has 2 aliphatic carbocycles. The van der Waals surface area contributed by atoms with Crippen molar-refractivity contribution in [3.63, 3.8) is 0 Å². The third kappa shape index (κ3) is 1.55. The minimum absolute atomic E-state index is 0.524. The van der Waals surface area contributed by atoms with E-state index in [1.165, 1.54) is 32.1 Å². The maximum Gasteiger partial charge on any atom is 0.110 e. The van der Waals surface area contributed by atoms with Crippen LogP contribution >= 0.6 is 15.9 Å². The highest BCUT2D eigenvalue weighted by molar-refractivity contribution is 9.09. The van der Waals surface area contributed by atoms with Gasteiger partial charge in [-0.25, -0.2) is 4.39 Å². The van der Waals surface area contributed by atoms with Gasteiger partial charge in [0.15, 0.2) is 0 Å². The summed E-state index contributed by atoms with van der Waals surface area (Å²) in [5, 5.41) is 0.524. The van der Waals surface area contributed by atoms with E-state index in [4.69, 9.17) is 0 Å². The molecule has 1 atom stereocenters. The number of rotatable bonds is 3. The zero-order valence-corrected chi connectivity index (χ0v) is 8.95. The average Bonchev–Trinajstić information content (AvgIpc) is 1.91. The molecule has 2 aliphatic rings. The largest absolute Gasteiger partial charge is 0.247 e. The van der Waals surface area contributed by atoms with Gasteiger partial charge in [-0.05, 0) is 43.4 Å². The molecule has 0 aliphatic heterocycles. The van der Waals surface area contributed by atoms with Crippen LogP contribution in [0.2, 0.25) is 0 Å². The van der Waals surface area contributed by atoms with Gasteiger partial charge in [0.2, 0.25) is 0 Å². The predicted molar refractivity (Wildman–Crippen MR) is 52.3 cm³/mol. The Labute approximate surface area is 82.0 Å². The van der Waals surface area contributed by atoms with Gasteiger partial charge >= 0.3 is 0 Å². The van der Waals surface area contributed by atoms with Crippen LogP contribution in [-0.2, 0) is 0 Å². The Kier molecular flexibility index (Phi) is 2.46. The molecule has 0 heterocycles. The van der Waals surface area contributed by atoms with Crippen LogP contribution in [0.15, 0.2) is 0 Å². The first kappa shape index (κ1) is 8.98. The Bertz CT molecular complexity index is 154. The second kappa shape index (κ2) is 3.28. The van der Waals surface area contributed by atoms with Gasteiger partial charge in [-0.1, -0.05) is 22.4 Å². The molecule has 0 amide bonds. The van der Waals surface area contributed by atoms with E-state index in [1.807, 2.05) is 0 Å². The molecule has 1 spiro atoms. The van der Waals surface area contributed by atoms with E-state index in [1.54, 1.807) is 0 Å². The molecule has 0 bridgehead atoms. The molecule has 2 saturated carbocycles. The lowest BCUT2D eigenvalue weighted by molar-refractivity contribution is -0.0345. The molecule has 0 aromatic carbocycles. The van der Waals surface area contributed by atoms with E-state index >= 15 is 0 Å². The van der Waals surface area contributed by atoms with Gasteiger partial charge in [0.1, 0.15) is 6.17 Å². The molecule has 0 nitrogen and oxygen atoms in total. The predicted octanol–water partition coefficient (Wildman–Crippen LogP) is 3.69. The zero-order valence-electron chi connectivity index (χ0n) is 7.36. The summed E-state index contributed by atoms with van der Waals surface area (Å²) in [7, 11) is 0. The summed E-state index contributed by atoms with van der Waals surface area (Å²) < 4.78 is 12.9. The number of halogens is 2. The standard InChI is InChI=1S/C10H16BrF/c11-7-9(12)4-8-5-10(6-8)2-1-3-10/h8-9H,1-7H2/t9-/m1/s1. The molecular weight excluding hydrogens is 219 g/mol. The highest BCUT2D eigenvalue weighted by Gasteiger charge is 2.48. The molecule has 70 valence electrons. The van der Waals surface area contributed by atoms with Crippen LogP contribution in [-0.4, -0.2) is 11.5 Å². The highest BCUT2D eigenvalue weighted by Crippen LogP contribution is 2.59. The molecule has 0 aromatic heterocycles. The van der Waals surface area contributed by atoms with Gasteiger partial charge in [0.25, 0.3) is 0 Å². The number of hydrogen-bond acceptors (Lipinski definition) is 0. The summed E-state index contributed by atoms with van der Waals surface area (Å²) in [5.41, 5.74) is 0.719. The molecular formula is C10H16BrF. The van der Waals surface area contributed by atoms with Gasteiger partial charge in [-0.3, -0.25) is 0 Å². The van der Waals surface area contributed by atoms with Crippen LogP contribution in [0.1, 0.15) is 38.5 Å². The first-order chi connectivity index (χ1) is 5.74. The van der Waals surface area contributed by atoms with Crippen molar-refractivity contribution in [1.82, 2.24) is 0 Å². The lowest BCUT2D eigenvalue weighted by Crippen LogP contribution is -2.43. The van der Waals surface area contributed by atoms with E-state index in [2.05, 4.69) is 15.9 Å². The first-order valence-electron chi connectivity index (χ1n) is 4.94. The van der Waals surface area contributed by atoms with Gasteiger partial charge < -0.3 is 0 Å². The second-order valence-electron chi connectivity index (χ2n) is 4.62. The van der Waals surface area contributed by atoms with Crippen molar-refractivity contribution in [3.05, 3.63) is 0 Å². The number of alkyl halides is 2. The van der Waals surface area contributed by atoms with Crippen molar-refractivity contribution in [2.45, 2.75) is 44.7 Å². The molecule has 0 radical (unpaired) electrons. The highest BCUT2D eigenvalue weighted by atomic mass is 79.9. The molecule has 0 N–H and O–H groups in total. The molecule has 0 aromatic rings. The average molecular weight is 235 g/mol. The van der Waals surface area contributed by atoms with Crippen LogP contribution in [0, 0.1) is 11.3 Å². The Balaban J connectivity index is 1.67. The Morgan fingerprint density at radius 1 is 1.42 bits per heavy atom. The van der Waals surface area contributed by atoms with Gasteiger partial charge in [0, 0.05) is 5.33 Å². The lowest BCUT2D eigenvalue weighted by atomic mass is 9.51. The second-order valence-corrected chi connectivity index (χ2v) is 5.26. The summed E-state index contributed by atoms with van der Waals surface area (Å²) in [6, 6.07) is 0. The molecule has 2 rings (SSSR count). The van der Waals surface area contributed by atoms with E-state index in [-0.39, 0.29) is 0 Å². The fourth-order valence-corrected chi connectivity index (χ4v) is 3.11. The van der Waals surface area contributed by atoms with Gasteiger partial charge in [-0.2, -0.15) is 0 Å². The third-order valence-corrected chi connectivity index (χ3v) is 4.32. The normalized spacial score (nSPS) is 29.5. The van der Waals surface area contributed by atoms with Crippen molar-refractivity contribution in [2.24, 2.45) is 11.3 Å². The van der Waals surface area contributed by atoms with Gasteiger partial charge in [0.05, 0.1) is 0 Å². The van der Waals surface area contributed by atoms with Crippen LogP contribution in [0.25, 0.3) is 0 Å². The molecule has 0 saturated heterocycles. The Morgan fingerprint density at radius 2 is 2.08 bits per heavy atom. The van der Waals surface area contributed by atoms with Crippen molar-refractivity contribution in [1.29, 1.82) is 0 Å². The van der Waals surface area contributed by atoms with Crippen LogP contribution in [0.4, 0.5) is 4.39 Å². The van der Waals surface area contributed by atoms with Crippen LogP contribution < -0.4 is 0 Å². The summed E-state index contributed by atoms with van der Waals surface area (Å²) >= 11 is 3.18. The summed E-state index contributed by atoms with van der Waals surface area (Å²) in [5.74, 6) is 0.706. The maximum absolute atomic E-state index is 12.9. The third-order valence-electron chi connectivity index (χ3n) is 3.61. The molecule has 2 heteroatoms. The Hall–Kier alpha value is 0.410. The number of hydrogen-bond donors (Lipinski definition) is 0. The fourth-order valence-electron chi connectivity index (χ4n) is 2.84. The smallest absolute Gasteiger partial charge is 0.110 e.